The van der Waals surface area contributed by atoms with Crippen LogP contribution in [-0.2, 0) is 15.0 Å². The van der Waals surface area contributed by atoms with E-state index < -0.39 is 12.0 Å². The molecule has 0 spiro atoms. The Morgan fingerprint density at radius 1 is 1.19 bits per heavy atom. The molecule has 1 aromatic rings. The van der Waals surface area contributed by atoms with Gasteiger partial charge in [0.15, 0.2) is 0 Å². The Hall–Kier alpha value is -1.68. The number of nitrogens with zero attached hydrogens (tertiary/aromatic N) is 1. The van der Waals surface area contributed by atoms with Crippen molar-refractivity contribution in [3.8, 4) is 0 Å². The Labute approximate surface area is 125 Å². The Kier molecular flexibility index (Phi) is 4.78. The fourth-order valence-electron chi connectivity index (χ4n) is 3.17. The van der Waals surface area contributed by atoms with Crippen LogP contribution in [0, 0.1) is 0 Å². The van der Waals surface area contributed by atoms with Gasteiger partial charge in [0.25, 0.3) is 5.91 Å². The third-order valence-electron chi connectivity index (χ3n) is 4.77. The van der Waals surface area contributed by atoms with Crippen LogP contribution in [0.15, 0.2) is 30.3 Å². The van der Waals surface area contributed by atoms with E-state index in [9.17, 15) is 14.7 Å². The number of benzene rings is 1. The van der Waals surface area contributed by atoms with Crippen molar-refractivity contribution in [3.63, 3.8) is 0 Å². The molecule has 1 unspecified atom stereocenters. The van der Waals surface area contributed by atoms with Crippen molar-refractivity contribution in [1.82, 2.24) is 4.90 Å². The van der Waals surface area contributed by atoms with Gasteiger partial charge in [0.05, 0.1) is 6.42 Å². The summed E-state index contributed by atoms with van der Waals surface area (Å²) < 4.78 is 0. The second kappa shape index (κ2) is 6.39. The molecule has 21 heavy (non-hydrogen) atoms. The normalized spacial score (nSPS) is 19.4. The van der Waals surface area contributed by atoms with E-state index >= 15 is 0 Å². The summed E-state index contributed by atoms with van der Waals surface area (Å²) in [5, 5.41) is 9.49. The Balaban J connectivity index is 2.15. The highest BCUT2D eigenvalue weighted by Crippen LogP contribution is 2.35. The van der Waals surface area contributed by atoms with E-state index in [-0.39, 0.29) is 17.7 Å². The van der Waals surface area contributed by atoms with Crippen molar-refractivity contribution < 1.29 is 14.7 Å². The summed E-state index contributed by atoms with van der Waals surface area (Å²) in [6.45, 7) is 4.66. The number of carbonyl (C=O) groups excluding carboxylic acids is 2. The molecule has 4 nitrogen and oxygen atoms in total. The maximum Gasteiger partial charge on any atom is 0.258 e. The minimum Gasteiger partial charge on any atom is -0.383 e. The molecule has 1 saturated heterocycles. The van der Waals surface area contributed by atoms with Gasteiger partial charge in [0.2, 0.25) is 5.91 Å². The first-order valence-corrected chi connectivity index (χ1v) is 7.62. The van der Waals surface area contributed by atoms with Gasteiger partial charge < -0.3 is 5.11 Å². The number of aliphatic hydroxyl groups excluding tert-OH is 1. The van der Waals surface area contributed by atoms with Crippen molar-refractivity contribution in [1.29, 1.82) is 0 Å². The van der Waals surface area contributed by atoms with Gasteiger partial charge in [-0.25, -0.2) is 0 Å². The van der Waals surface area contributed by atoms with E-state index in [1.54, 1.807) is 0 Å². The average molecular weight is 289 g/mol. The quantitative estimate of drug-likeness (QED) is 0.817. The van der Waals surface area contributed by atoms with Crippen LogP contribution in [-0.4, -0.2) is 34.5 Å². The van der Waals surface area contributed by atoms with Crippen LogP contribution in [0.4, 0.5) is 0 Å². The first-order chi connectivity index (χ1) is 10.0. The summed E-state index contributed by atoms with van der Waals surface area (Å²) >= 11 is 0. The fourth-order valence-corrected chi connectivity index (χ4v) is 3.17. The molecule has 0 radical (unpaired) electrons. The minimum atomic E-state index is -1.15. The van der Waals surface area contributed by atoms with Gasteiger partial charge in [0.1, 0.15) is 6.10 Å². The number of amides is 2. The van der Waals surface area contributed by atoms with Crippen LogP contribution >= 0.6 is 0 Å². The second-order valence-electron chi connectivity index (χ2n) is 5.71. The van der Waals surface area contributed by atoms with Crippen LogP contribution in [0.25, 0.3) is 0 Å². The summed E-state index contributed by atoms with van der Waals surface area (Å²) in [5.41, 5.74) is 1.21. The minimum absolute atomic E-state index is 0.0324. The van der Waals surface area contributed by atoms with Crippen LogP contribution in [0.1, 0.15) is 45.1 Å². The van der Waals surface area contributed by atoms with E-state index in [2.05, 4.69) is 26.0 Å². The van der Waals surface area contributed by atoms with E-state index in [1.807, 2.05) is 18.2 Å². The van der Waals surface area contributed by atoms with Crippen molar-refractivity contribution in [2.24, 2.45) is 0 Å². The van der Waals surface area contributed by atoms with Crippen LogP contribution < -0.4 is 0 Å². The molecular formula is C17H23NO3. The average Bonchev–Trinajstić information content (AvgIpc) is 2.75. The molecule has 1 N–H and O–H groups in total. The molecule has 1 aromatic carbocycles. The summed E-state index contributed by atoms with van der Waals surface area (Å²) in [6, 6.07) is 10.2. The molecule has 1 aliphatic heterocycles. The first kappa shape index (κ1) is 15.7. The lowest BCUT2D eigenvalue weighted by atomic mass is 9.73. The molecule has 114 valence electrons. The summed E-state index contributed by atoms with van der Waals surface area (Å²) in [5.74, 6) is -0.712. The van der Waals surface area contributed by atoms with Crippen LogP contribution in [0.5, 0.6) is 0 Å². The van der Waals surface area contributed by atoms with Crippen molar-refractivity contribution >= 4 is 11.8 Å². The molecule has 1 fully saturated rings. The zero-order chi connectivity index (χ0) is 15.5. The number of hydrogen-bond acceptors (Lipinski definition) is 3. The Morgan fingerprint density at radius 3 is 2.29 bits per heavy atom. The van der Waals surface area contributed by atoms with Gasteiger partial charge in [-0.2, -0.15) is 0 Å². The van der Waals surface area contributed by atoms with Crippen molar-refractivity contribution in [2.45, 2.75) is 51.0 Å². The highest BCUT2D eigenvalue weighted by molar-refractivity contribution is 6.04. The molecule has 1 heterocycles. The van der Waals surface area contributed by atoms with Gasteiger partial charge in [-0.05, 0) is 30.2 Å². The topological polar surface area (TPSA) is 57.6 Å². The van der Waals surface area contributed by atoms with E-state index in [1.165, 1.54) is 10.5 Å². The molecule has 0 bridgehead atoms. The molecule has 1 atom stereocenters. The largest absolute Gasteiger partial charge is 0.383 e. The fraction of sp³-hybridized carbons (Fsp3) is 0.529. The number of aliphatic hydroxyl groups is 1. The first-order valence-electron chi connectivity index (χ1n) is 7.62. The summed E-state index contributed by atoms with van der Waals surface area (Å²) in [6.07, 6.45) is 1.41. The van der Waals surface area contributed by atoms with E-state index in [4.69, 9.17) is 0 Å². The summed E-state index contributed by atoms with van der Waals surface area (Å²) in [4.78, 5) is 24.8. The number of rotatable bonds is 6. The monoisotopic (exact) mass is 289 g/mol. The molecule has 4 heteroatoms. The lowest BCUT2D eigenvalue weighted by Gasteiger charge is -2.33. The lowest BCUT2D eigenvalue weighted by Crippen LogP contribution is -2.37. The van der Waals surface area contributed by atoms with Crippen molar-refractivity contribution in [2.75, 3.05) is 6.54 Å². The lowest BCUT2D eigenvalue weighted by molar-refractivity contribution is -0.141. The third-order valence-corrected chi connectivity index (χ3v) is 4.77. The molecule has 0 aliphatic carbocycles. The van der Waals surface area contributed by atoms with Gasteiger partial charge >= 0.3 is 0 Å². The second-order valence-corrected chi connectivity index (χ2v) is 5.71. The van der Waals surface area contributed by atoms with Gasteiger partial charge in [-0.1, -0.05) is 44.2 Å². The summed E-state index contributed by atoms with van der Waals surface area (Å²) in [7, 11) is 0. The van der Waals surface area contributed by atoms with Crippen LogP contribution in [0.3, 0.4) is 0 Å². The predicted molar refractivity (Wildman–Crippen MR) is 80.7 cm³/mol. The molecule has 0 aromatic heterocycles. The maximum absolute atomic E-state index is 11.8. The Bertz CT molecular complexity index is 508. The zero-order valence-electron chi connectivity index (χ0n) is 12.7. The Morgan fingerprint density at radius 2 is 1.81 bits per heavy atom. The van der Waals surface area contributed by atoms with Crippen molar-refractivity contribution in [3.05, 3.63) is 35.9 Å². The molecule has 0 saturated carbocycles. The maximum atomic E-state index is 11.8. The van der Waals surface area contributed by atoms with E-state index in [0.717, 1.165) is 19.3 Å². The highest BCUT2D eigenvalue weighted by Gasteiger charge is 2.38. The SMILES string of the molecule is CCC(CC)(CCN1C(=O)CC(O)C1=O)c1ccccc1. The predicted octanol–water partition coefficient (Wildman–Crippen LogP) is 2.25. The number of likely N-dealkylation sites (tertiary alicyclic amines) is 1. The molecule has 2 amide bonds. The highest BCUT2D eigenvalue weighted by atomic mass is 16.3. The third kappa shape index (κ3) is 3.00. The van der Waals surface area contributed by atoms with E-state index in [0.29, 0.717) is 6.54 Å². The molecule has 2 rings (SSSR count). The smallest absolute Gasteiger partial charge is 0.258 e. The number of carbonyl (C=O) groups is 2. The van der Waals surface area contributed by atoms with Gasteiger partial charge in [-0.3, -0.25) is 14.5 Å². The molecular weight excluding hydrogens is 266 g/mol. The number of imide groups is 1. The number of hydrogen-bond donors (Lipinski definition) is 1. The standard InChI is InChI=1S/C17H23NO3/c1-3-17(4-2,13-8-6-5-7-9-13)10-11-18-15(20)12-14(19)16(18)21/h5-9,14,19H,3-4,10-12H2,1-2H3. The van der Waals surface area contributed by atoms with Gasteiger partial charge in [-0.15, -0.1) is 0 Å². The van der Waals surface area contributed by atoms with Gasteiger partial charge in [0, 0.05) is 6.54 Å². The molecule has 1 aliphatic rings. The zero-order valence-corrected chi connectivity index (χ0v) is 12.7. The van der Waals surface area contributed by atoms with Crippen LogP contribution in [0.2, 0.25) is 0 Å².